The Bertz CT molecular complexity index is 599. The van der Waals surface area contributed by atoms with E-state index in [1.54, 1.807) is 4.90 Å². The van der Waals surface area contributed by atoms with Crippen molar-refractivity contribution in [3.8, 4) is 0 Å². The number of carbonyl (C=O) groups is 1. The van der Waals surface area contributed by atoms with Gasteiger partial charge >= 0.3 is 0 Å². The zero-order chi connectivity index (χ0) is 15.1. The van der Waals surface area contributed by atoms with Gasteiger partial charge in [0, 0.05) is 25.8 Å². The van der Waals surface area contributed by atoms with Crippen LogP contribution in [-0.2, 0) is 6.42 Å². The molecule has 1 heterocycles. The van der Waals surface area contributed by atoms with Crippen molar-refractivity contribution in [2.45, 2.75) is 6.42 Å². The van der Waals surface area contributed by atoms with E-state index in [0.717, 1.165) is 11.8 Å². The van der Waals surface area contributed by atoms with Gasteiger partial charge < -0.3 is 10.6 Å². The van der Waals surface area contributed by atoms with Crippen LogP contribution in [0.1, 0.15) is 15.9 Å². The van der Waals surface area contributed by atoms with Crippen molar-refractivity contribution in [2.75, 3.05) is 19.6 Å². The van der Waals surface area contributed by atoms with Gasteiger partial charge in [-0.15, -0.1) is 24.8 Å². The highest BCUT2D eigenvalue weighted by Gasteiger charge is 2.18. The number of pyridine rings is 1. The van der Waals surface area contributed by atoms with Gasteiger partial charge in [-0.05, 0) is 18.1 Å². The number of rotatable bonds is 6. The lowest BCUT2D eigenvalue weighted by atomic mass is 10.1. The van der Waals surface area contributed by atoms with Gasteiger partial charge in [-0.3, -0.25) is 9.78 Å². The maximum absolute atomic E-state index is 13.7. The molecule has 1 aromatic heterocycles. The molecule has 0 aliphatic heterocycles. The van der Waals surface area contributed by atoms with E-state index in [1.165, 1.54) is 12.3 Å². The highest BCUT2D eigenvalue weighted by atomic mass is 35.5. The summed E-state index contributed by atoms with van der Waals surface area (Å²) in [4.78, 5) is 17.6. The molecule has 0 fully saturated rings. The molecule has 0 saturated carbocycles. The zero-order valence-corrected chi connectivity index (χ0v) is 14.2. The van der Waals surface area contributed by atoms with Crippen LogP contribution in [0.4, 0.5) is 4.39 Å². The second kappa shape index (κ2) is 10.9. The van der Waals surface area contributed by atoms with Crippen LogP contribution in [0.5, 0.6) is 0 Å². The number of aromatic nitrogens is 1. The predicted octanol–water partition coefficient (Wildman–Crippen LogP) is 2.71. The van der Waals surface area contributed by atoms with Crippen molar-refractivity contribution >= 4 is 30.7 Å². The third kappa shape index (κ3) is 6.14. The SMILES string of the molecule is Cl.Cl.NCCN(CCc1ccccc1)C(=O)c1ccncc1F. The molecule has 2 rings (SSSR count). The summed E-state index contributed by atoms with van der Waals surface area (Å²) < 4.78 is 13.7. The number of amides is 1. The minimum atomic E-state index is -0.607. The van der Waals surface area contributed by atoms with Crippen LogP contribution in [0.15, 0.2) is 48.8 Å². The molecule has 0 spiro atoms. The molecule has 0 aliphatic rings. The lowest BCUT2D eigenvalue weighted by molar-refractivity contribution is 0.0757. The van der Waals surface area contributed by atoms with E-state index in [-0.39, 0.29) is 36.3 Å². The Hall–Kier alpha value is -1.69. The molecule has 7 heteroatoms. The van der Waals surface area contributed by atoms with E-state index in [0.29, 0.717) is 26.1 Å². The van der Waals surface area contributed by atoms with E-state index in [9.17, 15) is 9.18 Å². The molecule has 4 nitrogen and oxygen atoms in total. The average Bonchev–Trinajstić information content (AvgIpc) is 2.52. The first-order chi connectivity index (χ1) is 10.2. The van der Waals surface area contributed by atoms with Crippen LogP contribution in [0, 0.1) is 5.82 Å². The molecule has 2 aromatic rings. The number of halogens is 3. The Morgan fingerprint density at radius 1 is 1.13 bits per heavy atom. The molecular weight excluding hydrogens is 340 g/mol. The fourth-order valence-corrected chi connectivity index (χ4v) is 2.10. The van der Waals surface area contributed by atoms with E-state index < -0.39 is 5.82 Å². The summed E-state index contributed by atoms with van der Waals surface area (Å²) in [6, 6.07) is 11.2. The number of hydrogen-bond acceptors (Lipinski definition) is 3. The van der Waals surface area contributed by atoms with Crippen molar-refractivity contribution in [3.05, 3.63) is 65.7 Å². The molecule has 126 valence electrons. The van der Waals surface area contributed by atoms with Crippen molar-refractivity contribution in [1.82, 2.24) is 9.88 Å². The van der Waals surface area contributed by atoms with Crippen molar-refractivity contribution in [3.63, 3.8) is 0 Å². The molecule has 1 aromatic carbocycles. The van der Waals surface area contributed by atoms with Gasteiger partial charge in [0.25, 0.3) is 5.91 Å². The summed E-state index contributed by atoms with van der Waals surface area (Å²) in [6.45, 7) is 1.24. The maximum atomic E-state index is 13.7. The van der Waals surface area contributed by atoms with Gasteiger partial charge in [-0.2, -0.15) is 0 Å². The van der Waals surface area contributed by atoms with Crippen LogP contribution in [-0.4, -0.2) is 35.4 Å². The average molecular weight is 360 g/mol. The molecule has 0 radical (unpaired) electrons. The van der Waals surface area contributed by atoms with Crippen molar-refractivity contribution < 1.29 is 9.18 Å². The topological polar surface area (TPSA) is 59.2 Å². The third-order valence-corrected chi connectivity index (χ3v) is 3.20. The summed E-state index contributed by atoms with van der Waals surface area (Å²) in [5.41, 5.74) is 6.71. The lowest BCUT2D eigenvalue weighted by Crippen LogP contribution is -2.37. The highest BCUT2D eigenvalue weighted by Crippen LogP contribution is 2.10. The monoisotopic (exact) mass is 359 g/mol. The first kappa shape index (κ1) is 21.3. The van der Waals surface area contributed by atoms with Crippen LogP contribution < -0.4 is 5.73 Å². The maximum Gasteiger partial charge on any atom is 0.256 e. The molecule has 0 aliphatic carbocycles. The van der Waals surface area contributed by atoms with Gasteiger partial charge in [0.05, 0.1) is 11.8 Å². The first-order valence-corrected chi connectivity index (χ1v) is 6.85. The minimum Gasteiger partial charge on any atom is -0.337 e. The molecule has 0 bridgehead atoms. The number of hydrogen-bond donors (Lipinski definition) is 1. The number of benzene rings is 1. The summed E-state index contributed by atoms with van der Waals surface area (Å²) in [5, 5.41) is 0. The van der Waals surface area contributed by atoms with Gasteiger partial charge in [0.2, 0.25) is 0 Å². The van der Waals surface area contributed by atoms with E-state index in [2.05, 4.69) is 4.98 Å². The van der Waals surface area contributed by atoms with Gasteiger partial charge in [0.15, 0.2) is 5.82 Å². The molecule has 2 N–H and O–H groups in total. The Morgan fingerprint density at radius 2 is 1.83 bits per heavy atom. The summed E-state index contributed by atoms with van der Waals surface area (Å²) in [7, 11) is 0. The predicted molar refractivity (Wildman–Crippen MR) is 93.8 cm³/mol. The molecule has 0 unspecified atom stereocenters. The standard InChI is InChI=1S/C16H18FN3O.2ClH/c17-15-12-19-9-6-14(15)16(21)20(11-8-18)10-7-13-4-2-1-3-5-13;;/h1-6,9,12H,7-8,10-11,18H2;2*1H. The third-order valence-electron chi connectivity index (χ3n) is 3.20. The number of nitrogens with two attached hydrogens (primary N) is 1. The molecule has 1 amide bonds. The van der Waals surface area contributed by atoms with Crippen molar-refractivity contribution in [1.29, 1.82) is 0 Å². The zero-order valence-electron chi connectivity index (χ0n) is 12.5. The lowest BCUT2D eigenvalue weighted by Gasteiger charge is -2.22. The highest BCUT2D eigenvalue weighted by molar-refractivity contribution is 5.94. The molecule has 0 saturated heterocycles. The van der Waals surface area contributed by atoms with Crippen LogP contribution in [0.25, 0.3) is 0 Å². The number of carbonyl (C=O) groups excluding carboxylic acids is 1. The van der Waals surface area contributed by atoms with Gasteiger partial charge in [0.1, 0.15) is 0 Å². The second-order valence-corrected chi connectivity index (χ2v) is 4.67. The first-order valence-electron chi connectivity index (χ1n) is 6.85. The van der Waals surface area contributed by atoms with E-state index in [4.69, 9.17) is 5.73 Å². The van der Waals surface area contributed by atoms with Crippen LogP contribution in [0.2, 0.25) is 0 Å². The second-order valence-electron chi connectivity index (χ2n) is 4.67. The Balaban J connectivity index is 0.00000242. The molecular formula is C16H20Cl2FN3O. The fourth-order valence-electron chi connectivity index (χ4n) is 2.10. The normalized spacial score (nSPS) is 9.48. The summed E-state index contributed by atoms with van der Waals surface area (Å²) in [6.07, 6.45) is 3.17. The Kier molecular flexibility index (Phi) is 10.1. The van der Waals surface area contributed by atoms with Crippen LogP contribution in [0.3, 0.4) is 0 Å². The quantitative estimate of drug-likeness (QED) is 0.862. The Labute approximate surface area is 147 Å². The van der Waals surface area contributed by atoms with Gasteiger partial charge in [-0.1, -0.05) is 30.3 Å². The Morgan fingerprint density at radius 3 is 2.43 bits per heavy atom. The van der Waals surface area contributed by atoms with Crippen molar-refractivity contribution in [2.24, 2.45) is 5.73 Å². The number of nitrogens with zero attached hydrogens (tertiary/aromatic N) is 2. The van der Waals surface area contributed by atoms with Crippen LogP contribution >= 0.6 is 24.8 Å². The largest absolute Gasteiger partial charge is 0.337 e. The molecule has 0 atom stereocenters. The minimum absolute atomic E-state index is 0. The summed E-state index contributed by atoms with van der Waals surface area (Å²) >= 11 is 0. The van der Waals surface area contributed by atoms with E-state index in [1.807, 2.05) is 30.3 Å². The van der Waals surface area contributed by atoms with Gasteiger partial charge in [-0.25, -0.2) is 4.39 Å². The molecule has 23 heavy (non-hydrogen) atoms. The fraction of sp³-hybridized carbons (Fsp3) is 0.250. The summed E-state index contributed by atoms with van der Waals surface area (Å²) in [5.74, 6) is -0.958. The smallest absolute Gasteiger partial charge is 0.256 e. The van der Waals surface area contributed by atoms with E-state index >= 15 is 0 Å².